The zero-order valence-electron chi connectivity index (χ0n) is 20.1. The summed E-state index contributed by atoms with van der Waals surface area (Å²) in [4.78, 5) is 43.3. The Morgan fingerprint density at radius 1 is 1.26 bits per heavy atom. The highest BCUT2D eigenvalue weighted by molar-refractivity contribution is 5.82. The van der Waals surface area contributed by atoms with Gasteiger partial charge in [0.25, 0.3) is 0 Å². The van der Waals surface area contributed by atoms with Gasteiger partial charge in [-0.3, -0.25) is 19.4 Å². The van der Waals surface area contributed by atoms with Crippen molar-refractivity contribution >= 4 is 17.8 Å². The second kappa shape index (κ2) is 13.3. The maximum Gasteiger partial charge on any atom is 0.305 e. The highest BCUT2D eigenvalue weighted by atomic mass is 16.5. The van der Waals surface area contributed by atoms with E-state index < -0.39 is 12.0 Å². The van der Waals surface area contributed by atoms with Crippen molar-refractivity contribution in [2.45, 2.75) is 64.3 Å². The number of piperidine rings is 2. The zero-order valence-corrected chi connectivity index (χ0v) is 20.1. The average molecular weight is 475 g/mol. The van der Waals surface area contributed by atoms with Gasteiger partial charge in [-0.2, -0.15) is 0 Å². The third-order valence-electron chi connectivity index (χ3n) is 6.67. The molecule has 2 fully saturated rings. The Morgan fingerprint density at radius 2 is 2.06 bits per heavy atom. The fourth-order valence-corrected chi connectivity index (χ4v) is 4.72. The number of carboxylic acid groups (broad SMARTS) is 1. The summed E-state index contributed by atoms with van der Waals surface area (Å²) in [5.41, 5.74) is 0.593. The Kier molecular flexibility index (Phi) is 10.1. The van der Waals surface area contributed by atoms with Crippen LogP contribution in [0.3, 0.4) is 0 Å². The van der Waals surface area contributed by atoms with Crippen molar-refractivity contribution in [2.24, 2.45) is 11.8 Å². The van der Waals surface area contributed by atoms with E-state index in [2.05, 4.69) is 15.6 Å². The molecule has 2 aliphatic rings. The molecule has 0 aromatic carbocycles. The third-order valence-corrected chi connectivity index (χ3v) is 6.67. The second-order valence-electron chi connectivity index (χ2n) is 9.37. The molecule has 34 heavy (non-hydrogen) atoms. The minimum atomic E-state index is -1.01. The normalized spacial score (nSPS) is 19.9. The molecule has 0 unspecified atom stereocenters. The summed E-state index contributed by atoms with van der Waals surface area (Å²) < 4.78 is 5.61. The molecule has 3 N–H and O–H groups in total. The number of nitrogens with zero attached hydrogens (tertiary/aromatic N) is 2. The van der Waals surface area contributed by atoms with Gasteiger partial charge in [0.2, 0.25) is 11.8 Å². The molecular weight excluding hydrogens is 436 g/mol. The predicted molar refractivity (Wildman–Crippen MR) is 127 cm³/mol. The number of likely N-dealkylation sites (tertiary alicyclic amines) is 1. The van der Waals surface area contributed by atoms with Crippen LogP contribution in [0.5, 0.6) is 5.75 Å². The molecule has 0 saturated carbocycles. The first kappa shape index (κ1) is 25.9. The number of aliphatic carboxylic acids is 1. The van der Waals surface area contributed by atoms with Crippen molar-refractivity contribution in [3.8, 4) is 5.75 Å². The molecule has 188 valence electrons. The average Bonchev–Trinajstić information content (AvgIpc) is 2.86. The molecule has 3 rings (SSSR count). The molecule has 2 atom stereocenters. The maximum atomic E-state index is 13.1. The number of carbonyl (C=O) groups is 3. The van der Waals surface area contributed by atoms with E-state index in [4.69, 9.17) is 4.74 Å². The smallest absolute Gasteiger partial charge is 0.305 e. The molecule has 1 aromatic rings. The lowest BCUT2D eigenvalue weighted by Crippen LogP contribution is -2.46. The van der Waals surface area contributed by atoms with E-state index in [1.165, 1.54) is 0 Å². The topological polar surface area (TPSA) is 121 Å². The predicted octanol–water partition coefficient (Wildman–Crippen LogP) is 2.52. The molecule has 2 saturated heterocycles. The third kappa shape index (κ3) is 7.97. The summed E-state index contributed by atoms with van der Waals surface area (Å²) in [5.74, 6) is -0.322. The Hall–Kier alpha value is -2.68. The van der Waals surface area contributed by atoms with E-state index in [9.17, 15) is 19.5 Å². The largest absolute Gasteiger partial charge is 0.492 e. The summed E-state index contributed by atoms with van der Waals surface area (Å²) in [7, 11) is 0. The number of nitrogens with one attached hydrogen (secondary N) is 2. The summed E-state index contributed by atoms with van der Waals surface area (Å²) in [6.07, 6.45) is 8.83. The van der Waals surface area contributed by atoms with Crippen molar-refractivity contribution in [2.75, 3.05) is 32.8 Å². The second-order valence-corrected chi connectivity index (χ2v) is 9.37. The summed E-state index contributed by atoms with van der Waals surface area (Å²) in [6, 6.07) is 1.02. The summed E-state index contributed by atoms with van der Waals surface area (Å²) >= 11 is 0. The molecule has 1 aromatic heterocycles. The highest BCUT2D eigenvalue weighted by Gasteiger charge is 2.30. The van der Waals surface area contributed by atoms with Gasteiger partial charge < -0.3 is 25.4 Å². The van der Waals surface area contributed by atoms with Gasteiger partial charge in [0.15, 0.2) is 0 Å². The standard InChI is InChI=1S/C25H38N4O5/c1-2-12-34-21-13-20(15-27-16-21)22(14-24(31)32)28-25(33)19-4-3-11-29(17-19)23(30)6-5-18-7-9-26-10-8-18/h13,15-16,18-19,22,26H,2-12,14,17H2,1H3,(H,28,33)(H,31,32)/t19-,22+/m1/s1. The monoisotopic (exact) mass is 474 g/mol. The lowest BCUT2D eigenvalue weighted by molar-refractivity contribution is -0.138. The van der Waals surface area contributed by atoms with E-state index in [1.807, 2.05) is 11.8 Å². The first-order chi connectivity index (χ1) is 16.5. The number of amides is 2. The molecule has 9 heteroatoms. The number of rotatable bonds is 11. The molecule has 9 nitrogen and oxygen atoms in total. The SMILES string of the molecule is CCCOc1cncc([C@H](CC(=O)O)NC(=O)[C@@H]2CCCN(C(=O)CCC3CCNCC3)C2)c1. The van der Waals surface area contributed by atoms with Crippen molar-refractivity contribution in [3.63, 3.8) is 0 Å². The van der Waals surface area contributed by atoms with Crippen molar-refractivity contribution < 1.29 is 24.2 Å². The number of pyridine rings is 1. The summed E-state index contributed by atoms with van der Waals surface area (Å²) in [6.45, 7) is 5.63. The Labute approximate surface area is 201 Å². The zero-order chi connectivity index (χ0) is 24.3. The molecular formula is C25H38N4O5. The molecule has 0 aliphatic carbocycles. The Balaban J connectivity index is 1.57. The highest BCUT2D eigenvalue weighted by Crippen LogP contribution is 2.25. The first-order valence-electron chi connectivity index (χ1n) is 12.5. The lowest BCUT2D eigenvalue weighted by atomic mass is 9.92. The van der Waals surface area contributed by atoms with Crippen LogP contribution in [0, 0.1) is 11.8 Å². The fraction of sp³-hybridized carbons (Fsp3) is 0.680. The number of hydrogen-bond donors (Lipinski definition) is 3. The molecule has 0 radical (unpaired) electrons. The number of carbonyl (C=O) groups excluding carboxylic acids is 2. The van der Waals surface area contributed by atoms with Gasteiger partial charge in [-0.05, 0) is 69.2 Å². The van der Waals surface area contributed by atoms with Gasteiger partial charge >= 0.3 is 5.97 Å². The van der Waals surface area contributed by atoms with Crippen LogP contribution in [0.4, 0.5) is 0 Å². The van der Waals surface area contributed by atoms with Crippen LogP contribution in [-0.2, 0) is 14.4 Å². The Bertz CT molecular complexity index is 827. The van der Waals surface area contributed by atoms with E-state index in [-0.39, 0.29) is 24.2 Å². The van der Waals surface area contributed by atoms with Crippen molar-refractivity contribution in [1.29, 1.82) is 0 Å². The van der Waals surface area contributed by atoms with Crippen molar-refractivity contribution in [1.82, 2.24) is 20.5 Å². The van der Waals surface area contributed by atoms with Crippen LogP contribution < -0.4 is 15.4 Å². The van der Waals surface area contributed by atoms with Crippen LogP contribution in [-0.4, -0.2) is 65.6 Å². The van der Waals surface area contributed by atoms with Crippen LogP contribution in [0.25, 0.3) is 0 Å². The first-order valence-corrected chi connectivity index (χ1v) is 12.5. The molecule has 0 spiro atoms. The molecule has 2 amide bonds. The van der Waals surface area contributed by atoms with Crippen LogP contribution in [0.15, 0.2) is 18.5 Å². The van der Waals surface area contributed by atoms with Gasteiger partial charge in [-0.1, -0.05) is 6.92 Å². The van der Waals surface area contributed by atoms with Gasteiger partial charge in [0, 0.05) is 25.7 Å². The maximum absolute atomic E-state index is 13.1. The fourth-order valence-electron chi connectivity index (χ4n) is 4.72. The van der Waals surface area contributed by atoms with E-state index in [0.29, 0.717) is 49.8 Å². The van der Waals surface area contributed by atoms with E-state index in [1.54, 1.807) is 18.5 Å². The minimum absolute atomic E-state index is 0.114. The minimum Gasteiger partial charge on any atom is -0.492 e. The quantitative estimate of drug-likeness (QED) is 0.451. The Morgan fingerprint density at radius 3 is 2.79 bits per heavy atom. The van der Waals surface area contributed by atoms with E-state index >= 15 is 0 Å². The van der Waals surface area contributed by atoms with Crippen LogP contribution >= 0.6 is 0 Å². The molecule has 2 aliphatic heterocycles. The number of hydrogen-bond acceptors (Lipinski definition) is 6. The summed E-state index contributed by atoms with van der Waals surface area (Å²) in [5, 5.41) is 15.6. The van der Waals surface area contributed by atoms with Crippen LogP contribution in [0.2, 0.25) is 0 Å². The van der Waals surface area contributed by atoms with Crippen molar-refractivity contribution in [3.05, 3.63) is 24.0 Å². The van der Waals surface area contributed by atoms with Gasteiger partial charge in [-0.15, -0.1) is 0 Å². The number of aromatic nitrogens is 1. The number of ether oxygens (including phenoxy) is 1. The van der Waals surface area contributed by atoms with Gasteiger partial charge in [0.1, 0.15) is 5.75 Å². The van der Waals surface area contributed by atoms with Gasteiger partial charge in [-0.25, -0.2) is 0 Å². The van der Waals surface area contributed by atoms with E-state index in [0.717, 1.165) is 45.2 Å². The lowest BCUT2D eigenvalue weighted by Gasteiger charge is -2.33. The van der Waals surface area contributed by atoms with Crippen LogP contribution in [0.1, 0.15) is 69.9 Å². The molecule has 0 bridgehead atoms. The van der Waals surface area contributed by atoms with Gasteiger partial charge in [0.05, 0.1) is 31.2 Å². The number of carboxylic acids is 1. The molecule has 3 heterocycles.